The van der Waals surface area contributed by atoms with Gasteiger partial charge in [-0.05, 0) is 37.6 Å². The summed E-state index contributed by atoms with van der Waals surface area (Å²) in [6, 6.07) is 9.58. The molecule has 0 bridgehead atoms. The SMILES string of the molecule is CCN(C(=O)c1ccnc(NCCN2CCOCC2)n1)c1cccc(C)c1. The zero-order valence-corrected chi connectivity index (χ0v) is 16.0. The number of morpholine rings is 1. The molecule has 1 amide bonds. The molecule has 1 aromatic carbocycles. The number of nitrogens with zero attached hydrogens (tertiary/aromatic N) is 4. The molecular formula is C20H27N5O2. The van der Waals surface area contributed by atoms with Gasteiger partial charge in [0, 0.05) is 44.6 Å². The minimum Gasteiger partial charge on any atom is -0.379 e. The molecule has 1 aliphatic heterocycles. The molecule has 1 saturated heterocycles. The van der Waals surface area contributed by atoms with Gasteiger partial charge in [-0.3, -0.25) is 9.69 Å². The van der Waals surface area contributed by atoms with E-state index >= 15 is 0 Å². The number of aromatic nitrogens is 2. The number of ether oxygens (including phenoxy) is 1. The maximum atomic E-state index is 12.9. The van der Waals surface area contributed by atoms with Gasteiger partial charge in [-0.15, -0.1) is 0 Å². The average Bonchev–Trinajstić information content (AvgIpc) is 2.70. The molecule has 7 heteroatoms. The molecule has 3 rings (SSSR count). The lowest BCUT2D eigenvalue weighted by Gasteiger charge is -2.26. The molecule has 0 unspecified atom stereocenters. The van der Waals surface area contributed by atoms with Gasteiger partial charge in [0.05, 0.1) is 13.2 Å². The Morgan fingerprint density at radius 2 is 2.11 bits per heavy atom. The molecule has 0 atom stereocenters. The summed E-state index contributed by atoms with van der Waals surface area (Å²) in [5.74, 6) is 0.358. The monoisotopic (exact) mass is 369 g/mol. The normalized spacial score (nSPS) is 14.7. The van der Waals surface area contributed by atoms with E-state index in [0.29, 0.717) is 18.2 Å². The zero-order chi connectivity index (χ0) is 19.1. The molecule has 1 fully saturated rings. The van der Waals surface area contributed by atoms with Gasteiger partial charge in [-0.2, -0.15) is 0 Å². The Bertz CT molecular complexity index is 762. The molecule has 7 nitrogen and oxygen atoms in total. The highest BCUT2D eigenvalue weighted by Crippen LogP contribution is 2.18. The second-order valence-corrected chi connectivity index (χ2v) is 6.53. The minimum absolute atomic E-state index is 0.123. The molecule has 27 heavy (non-hydrogen) atoms. The van der Waals surface area contributed by atoms with E-state index in [0.717, 1.165) is 50.6 Å². The number of benzene rings is 1. The first-order valence-corrected chi connectivity index (χ1v) is 9.43. The first kappa shape index (κ1) is 19.3. The number of amides is 1. The van der Waals surface area contributed by atoms with E-state index in [1.807, 2.05) is 38.1 Å². The van der Waals surface area contributed by atoms with Crippen molar-refractivity contribution in [2.45, 2.75) is 13.8 Å². The summed E-state index contributed by atoms with van der Waals surface area (Å²) in [7, 11) is 0. The van der Waals surface area contributed by atoms with E-state index in [1.165, 1.54) is 0 Å². The van der Waals surface area contributed by atoms with E-state index in [4.69, 9.17) is 4.74 Å². The van der Waals surface area contributed by atoms with Crippen LogP contribution in [0.4, 0.5) is 11.6 Å². The first-order valence-electron chi connectivity index (χ1n) is 9.43. The predicted octanol–water partition coefficient (Wildman–Crippen LogP) is 2.20. The van der Waals surface area contributed by atoms with Crippen LogP contribution in [-0.4, -0.2) is 66.7 Å². The van der Waals surface area contributed by atoms with Crippen molar-refractivity contribution in [1.82, 2.24) is 14.9 Å². The molecule has 2 aromatic rings. The van der Waals surface area contributed by atoms with Crippen molar-refractivity contribution in [3.8, 4) is 0 Å². The number of hydrogen-bond donors (Lipinski definition) is 1. The summed E-state index contributed by atoms with van der Waals surface area (Å²) >= 11 is 0. The van der Waals surface area contributed by atoms with Crippen molar-refractivity contribution >= 4 is 17.5 Å². The molecule has 0 aliphatic carbocycles. The van der Waals surface area contributed by atoms with Crippen LogP contribution in [0, 0.1) is 6.92 Å². The lowest BCUT2D eigenvalue weighted by atomic mass is 10.2. The van der Waals surface area contributed by atoms with Gasteiger partial charge in [0.25, 0.3) is 5.91 Å². The Kier molecular flexibility index (Phi) is 6.73. The Morgan fingerprint density at radius 3 is 2.85 bits per heavy atom. The Hall–Kier alpha value is -2.51. The van der Waals surface area contributed by atoms with E-state index in [-0.39, 0.29) is 5.91 Å². The maximum Gasteiger partial charge on any atom is 0.277 e. The maximum absolute atomic E-state index is 12.9. The van der Waals surface area contributed by atoms with Gasteiger partial charge in [0.15, 0.2) is 0 Å². The quantitative estimate of drug-likeness (QED) is 0.807. The summed E-state index contributed by atoms with van der Waals surface area (Å²) in [6.45, 7) is 9.64. The lowest BCUT2D eigenvalue weighted by Crippen LogP contribution is -2.39. The second-order valence-electron chi connectivity index (χ2n) is 6.53. The third-order valence-corrected chi connectivity index (χ3v) is 4.56. The van der Waals surface area contributed by atoms with E-state index < -0.39 is 0 Å². The summed E-state index contributed by atoms with van der Waals surface area (Å²) in [4.78, 5) is 25.7. The van der Waals surface area contributed by atoms with Crippen molar-refractivity contribution in [2.24, 2.45) is 0 Å². The van der Waals surface area contributed by atoms with Crippen molar-refractivity contribution in [2.75, 3.05) is 56.2 Å². The van der Waals surface area contributed by atoms with Gasteiger partial charge in [-0.25, -0.2) is 9.97 Å². The second kappa shape index (κ2) is 9.43. The van der Waals surface area contributed by atoms with Crippen LogP contribution in [0.3, 0.4) is 0 Å². The van der Waals surface area contributed by atoms with Crippen LogP contribution in [0.25, 0.3) is 0 Å². The number of carbonyl (C=O) groups is 1. The van der Waals surface area contributed by atoms with Crippen molar-refractivity contribution in [1.29, 1.82) is 0 Å². The van der Waals surface area contributed by atoms with Crippen molar-refractivity contribution < 1.29 is 9.53 Å². The van der Waals surface area contributed by atoms with Gasteiger partial charge in [0.1, 0.15) is 5.69 Å². The Balaban J connectivity index is 1.63. The minimum atomic E-state index is -0.123. The van der Waals surface area contributed by atoms with Crippen LogP contribution >= 0.6 is 0 Å². The van der Waals surface area contributed by atoms with Crippen LogP contribution in [0.2, 0.25) is 0 Å². The van der Waals surface area contributed by atoms with Gasteiger partial charge >= 0.3 is 0 Å². The fourth-order valence-corrected chi connectivity index (χ4v) is 3.09. The molecule has 1 aliphatic rings. The lowest BCUT2D eigenvalue weighted by molar-refractivity contribution is 0.0398. The third-order valence-electron chi connectivity index (χ3n) is 4.56. The number of rotatable bonds is 7. The van der Waals surface area contributed by atoms with E-state index in [9.17, 15) is 4.79 Å². The Morgan fingerprint density at radius 1 is 1.30 bits per heavy atom. The number of aryl methyl sites for hydroxylation is 1. The summed E-state index contributed by atoms with van der Waals surface area (Å²) in [5.41, 5.74) is 2.39. The third kappa shape index (κ3) is 5.24. The zero-order valence-electron chi connectivity index (χ0n) is 16.0. The summed E-state index contributed by atoms with van der Waals surface area (Å²) in [6.07, 6.45) is 1.63. The summed E-state index contributed by atoms with van der Waals surface area (Å²) in [5, 5.41) is 3.22. The Labute approximate surface area is 160 Å². The topological polar surface area (TPSA) is 70.6 Å². The number of carbonyl (C=O) groups excluding carboxylic acids is 1. The molecule has 1 N–H and O–H groups in total. The number of anilines is 2. The van der Waals surface area contributed by atoms with Gasteiger partial charge < -0.3 is 15.0 Å². The van der Waals surface area contributed by atoms with Gasteiger partial charge in [0.2, 0.25) is 5.95 Å². The average molecular weight is 369 g/mol. The molecular weight excluding hydrogens is 342 g/mol. The predicted molar refractivity (Wildman–Crippen MR) is 106 cm³/mol. The largest absolute Gasteiger partial charge is 0.379 e. The van der Waals surface area contributed by atoms with Crippen LogP contribution in [0.5, 0.6) is 0 Å². The first-order chi connectivity index (χ1) is 13.2. The number of hydrogen-bond acceptors (Lipinski definition) is 6. The molecule has 0 spiro atoms. The number of nitrogens with one attached hydrogen (secondary N) is 1. The van der Waals surface area contributed by atoms with E-state index in [2.05, 4.69) is 20.2 Å². The highest BCUT2D eigenvalue weighted by atomic mass is 16.5. The smallest absolute Gasteiger partial charge is 0.277 e. The van der Waals surface area contributed by atoms with E-state index in [1.54, 1.807) is 17.2 Å². The van der Waals surface area contributed by atoms with Crippen LogP contribution in [0.1, 0.15) is 23.0 Å². The fraction of sp³-hybridized carbons (Fsp3) is 0.450. The summed E-state index contributed by atoms with van der Waals surface area (Å²) < 4.78 is 5.35. The van der Waals surface area contributed by atoms with Crippen molar-refractivity contribution in [3.05, 3.63) is 47.8 Å². The standard InChI is InChI=1S/C20H27N5O2/c1-3-25(17-6-4-5-16(2)15-17)19(26)18-7-8-21-20(23-18)22-9-10-24-11-13-27-14-12-24/h4-8,15H,3,9-14H2,1-2H3,(H,21,22,23). The van der Waals surface area contributed by atoms with Crippen molar-refractivity contribution in [3.63, 3.8) is 0 Å². The fourth-order valence-electron chi connectivity index (χ4n) is 3.09. The van der Waals surface area contributed by atoms with Crippen LogP contribution in [0.15, 0.2) is 36.5 Å². The van der Waals surface area contributed by atoms with Crippen LogP contribution < -0.4 is 10.2 Å². The molecule has 0 saturated carbocycles. The molecule has 0 radical (unpaired) electrons. The molecule has 2 heterocycles. The highest BCUT2D eigenvalue weighted by molar-refractivity contribution is 6.04. The molecule has 144 valence electrons. The van der Waals surface area contributed by atoms with Gasteiger partial charge in [-0.1, -0.05) is 12.1 Å². The molecule has 1 aromatic heterocycles. The van der Waals surface area contributed by atoms with Crippen LogP contribution in [-0.2, 0) is 4.74 Å². The highest BCUT2D eigenvalue weighted by Gasteiger charge is 2.18.